The van der Waals surface area contributed by atoms with E-state index in [1.807, 2.05) is 54.6 Å². The van der Waals surface area contributed by atoms with Gasteiger partial charge in [-0.2, -0.15) is 0 Å². The van der Waals surface area contributed by atoms with E-state index in [-0.39, 0.29) is 5.78 Å². The standard InChI is InChI=1S/C24H30N2O3/c1-20(27)24(19-21-9-4-3-5-10-21)29-23-12-7-6-11-22(23)28-18-8-13-26-16-14-25(2)15-17-26/h3-7,9-12,19H,8,13-18H2,1-2H3/b24-19-. The van der Waals surface area contributed by atoms with Crippen LogP contribution in [-0.2, 0) is 4.79 Å². The topological polar surface area (TPSA) is 42.0 Å². The van der Waals surface area contributed by atoms with Gasteiger partial charge in [0.15, 0.2) is 23.0 Å². The molecule has 0 N–H and O–H groups in total. The summed E-state index contributed by atoms with van der Waals surface area (Å²) in [5.74, 6) is 1.39. The van der Waals surface area contributed by atoms with Crippen molar-refractivity contribution in [2.75, 3.05) is 46.4 Å². The van der Waals surface area contributed by atoms with Crippen molar-refractivity contribution in [3.05, 3.63) is 65.9 Å². The monoisotopic (exact) mass is 394 g/mol. The Labute approximate surface area is 173 Å². The average molecular weight is 395 g/mol. The lowest BCUT2D eigenvalue weighted by Crippen LogP contribution is -2.44. The molecule has 0 aromatic heterocycles. The van der Waals surface area contributed by atoms with Crippen molar-refractivity contribution >= 4 is 11.9 Å². The summed E-state index contributed by atoms with van der Waals surface area (Å²) in [6, 6.07) is 17.2. The summed E-state index contributed by atoms with van der Waals surface area (Å²) in [6.45, 7) is 7.63. The van der Waals surface area contributed by atoms with E-state index in [0.717, 1.165) is 44.7 Å². The molecule has 154 valence electrons. The minimum Gasteiger partial charge on any atom is -0.490 e. The van der Waals surface area contributed by atoms with Gasteiger partial charge in [0.2, 0.25) is 0 Å². The van der Waals surface area contributed by atoms with E-state index in [4.69, 9.17) is 9.47 Å². The first-order chi connectivity index (χ1) is 14.1. The molecule has 0 aliphatic carbocycles. The SMILES string of the molecule is CC(=O)/C(=C/c1ccccc1)Oc1ccccc1OCCCN1CCN(C)CC1. The zero-order valence-electron chi connectivity index (χ0n) is 17.3. The number of hydrogen-bond acceptors (Lipinski definition) is 5. The normalized spacial score (nSPS) is 15.9. The molecule has 1 fully saturated rings. The van der Waals surface area contributed by atoms with Gasteiger partial charge in [-0.1, -0.05) is 42.5 Å². The van der Waals surface area contributed by atoms with Crippen LogP contribution in [0.3, 0.4) is 0 Å². The molecule has 2 aromatic rings. The Morgan fingerprint density at radius 3 is 2.31 bits per heavy atom. The van der Waals surface area contributed by atoms with Crippen LogP contribution in [-0.4, -0.2) is 62.0 Å². The minimum absolute atomic E-state index is 0.126. The van der Waals surface area contributed by atoms with Gasteiger partial charge in [-0.05, 0) is 37.2 Å². The molecule has 5 nitrogen and oxygen atoms in total. The largest absolute Gasteiger partial charge is 0.490 e. The van der Waals surface area contributed by atoms with E-state index in [1.54, 1.807) is 6.08 Å². The highest BCUT2D eigenvalue weighted by molar-refractivity contribution is 5.96. The fraction of sp³-hybridized carbons (Fsp3) is 0.375. The maximum absolute atomic E-state index is 12.1. The minimum atomic E-state index is -0.126. The predicted molar refractivity (Wildman–Crippen MR) is 116 cm³/mol. The van der Waals surface area contributed by atoms with E-state index in [1.165, 1.54) is 6.92 Å². The number of ketones is 1. The molecule has 0 bridgehead atoms. The van der Waals surface area contributed by atoms with Gasteiger partial charge in [0.05, 0.1) is 6.61 Å². The molecule has 0 amide bonds. The molecule has 29 heavy (non-hydrogen) atoms. The average Bonchev–Trinajstić information content (AvgIpc) is 2.73. The lowest BCUT2D eigenvalue weighted by Gasteiger charge is -2.32. The number of carbonyl (C=O) groups excluding carboxylic acids is 1. The van der Waals surface area contributed by atoms with Crippen LogP contribution in [0.15, 0.2) is 60.4 Å². The van der Waals surface area contributed by atoms with Crippen molar-refractivity contribution in [2.45, 2.75) is 13.3 Å². The van der Waals surface area contributed by atoms with Crippen molar-refractivity contribution in [1.29, 1.82) is 0 Å². The summed E-state index contributed by atoms with van der Waals surface area (Å²) in [6.07, 6.45) is 2.71. The van der Waals surface area contributed by atoms with Crippen LogP contribution in [0.2, 0.25) is 0 Å². The van der Waals surface area contributed by atoms with Crippen LogP contribution in [0.5, 0.6) is 11.5 Å². The Kier molecular flexibility index (Phi) is 7.85. The number of piperazine rings is 1. The lowest BCUT2D eigenvalue weighted by molar-refractivity contribution is -0.115. The van der Waals surface area contributed by atoms with Crippen LogP contribution < -0.4 is 9.47 Å². The van der Waals surface area contributed by atoms with Crippen LogP contribution in [0.1, 0.15) is 18.9 Å². The Morgan fingerprint density at radius 1 is 0.966 bits per heavy atom. The number of Topliss-reactive ketones (excluding diaryl/α,β-unsaturated/α-hetero) is 1. The van der Waals surface area contributed by atoms with E-state index >= 15 is 0 Å². The van der Waals surface area contributed by atoms with Crippen LogP contribution >= 0.6 is 0 Å². The van der Waals surface area contributed by atoms with Crippen LogP contribution in [0.4, 0.5) is 0 Å². The van der Waals surface area contributed by atoms with E-state index in [9.17, 15) is 4.79 Å². The molecule has 1 heterocycles. The Hall–Kier alpha value is -2.63. The Bertz CT molecular complexity index is 812. The Morgan fingerprint density at radius 2 is 1.62 bits per heavy atom. The lowest BCUT2D eigenvalue weighted by atomic mass is 10.2. The first kappa shape index (κ1) is 21.1. The second-order valence-corrected chi connectivity index (χ2v) is 7.37. The molecule has 0 radical (unpaired) electrons. The zero-order chi connectivity index (χ0) is 20.5. The van der Waals surface area contributed by atoms with E-state index in [2.05, 4.69) is 16.8 Å². The fourth-order valence-electron chi connectivity index (χ4n) is 3.22. The quantitative estimate of drug-likeness (QED) is 0.368. The summed E-state index contributed by atoms with van der Waals surface area (Å²) in [4.78, 5) is 16.9. The van der Waals surface area contributed by atoms with Gasteiger partial charge in [0.25, 0.3) is 0 Å². The molecular weight excluding hydrogens is 364 g/mol. The second-order valence-electron chi connectivity index (χ2n) is 7.37. The molecule has 1 aliphatic rings. The summed E-state index contributed by atoms with van der Waals surface area (Å²) < 4.78 is 11.9. The van der Waals surface area contributed by atoms with Gasteiger partial charge < -0.3 is 19.3 Å². The summed E-state index contributed by atoms with van der Waals surface area (Å²) in [5, 5.41) is 0. The number of allylic oxidation sites excluding steroid dienone is 1. The van der Waals surface area contributed by atoms with Crippen LogP contribution in [0, 0.1) is 0 Å². The number of hydrogen-bond donors (Lipinski definition) is 0. The Balaban J connectivity index is 1.58. The molecule has 1 aliphatic heterocycles. The van der Waals surface area contributed by atoms with Gasteiger partial charge in [-0.15, -0.1) is 0 Å². The first-order valence-electron chi connectivity index (χ1n) is 10.2. The maximum Gasteiger partial charge on any atom is 0.194 e. The summed E-state index contributed by atoms with van der Waals surface area (Å²) >= 11 is 0. The van der Waals surface area contributed by atoms with Crippen molar-refractivity contribution < 1.29 is 14.3 Å². The summed E-state index contributed by atoms with van der Waals surface area (Å²) in [7, 11) is 2.17. The highest BCUT2D eigenvalue weighted by Gasteiger charge is 2.14. The van der Waals surface area contributed by atoms with Crippen molar-refractivity contribution in [1.82, 2.24) is 9.80 Å². The molecule has 3 rings (SSSR count). The number of ether oxygens (including phenoxy) is 2. The predicted octanol–water partition coefficient (Wildman–Crippen LogP) is 3.71. The second kappa shape index (κ2) is 10.8. The third-order valence-corrected chi connectivity index (χ3v) is 4.99. The number of rotatable bonds is 9. The molecule has 0 spiro atoms. The molecule has 0 atom stereocenters. The molecular formula is C24H30N2O3. The molecule has 0 unspecified atom stereocenters. The third kappa shape index (κ3) is 6.73. The van der Waals surface area contributed by atoms with Crippen LogP contribution in [0.25, 0.3) is 6.08 Å². The first-order valence-corrected chi connectivity index (χ1v) is 10.2. The molecule has 5 heteroatoms. The van der Waals surface area contributed by atoms with Crippen molar-refractivity contribution in [3.8, 4) is 11.5 Å². The smallest absolute Gasteiger partial charge is 0.194 e. The molecule has 2 aromatic carbocycles. The van der Waals surface area contributed by atoms with E-state index < -0.39 is 0 Å². The van der Waals surface area contributed by atoms with Crippen molar-refractivity contribution in [3.63, 3.8) is 0 Å². The number of nitrogens with zero attached hydrogens (tertiary/aromatic N) is 2. The summed E-state index contributed by atoms with van der Waals surface area (Å²) in [5.41, 5.74) is 0.920. The van der Waals surface area contributed by atoms with Crippen molar-refractivity contribution in [2.24, 2.45) is 0 Å². The fourth-order valence-corrected chi connectivity index (χ4v) is 3.22. The molecule has 1 saturated heterocycles. The highest BCUT2D eigenvalue weighted by Crippen LogP contribution is 2.29. The number of likely N-dealkylation sites (N-methyl/N-ethyl adjacent to an activating group) is 1. The maximum atomic E-state index is 12.1. The van der Waals surface area contributed by atoms with Gasteiger partial charge in [-0.3, -0.25) is 4.79 Å². The van der Waals surface area contributed by atoms with E-state index in [0.29, 0.717) is 23.9 Å². The molecule has 0 saturated carbocycles. The number of para-hydroxylation sites is 2. The number of benzene rings is 2. The van der Waals surface area contributed by atoms with Gasteiger partial charge in [-0.25, -0.2) is 0 Å². The third-order valence-electron chi connectivity index (χ3n) is 4.99. The van der Waals surface area contributed by atoms with Gasteiger partial charge in [0, 0.05) is 39.6 Å². The van der Waals surface area contributed by atoms with Gasteiger partial charge >= 0.3 is 0 Å². The van der Waals surface area contributed by atoms with Gasteiger partial charge in [0.1, 0.15) is 0 Å². The zero-order valence-corrected chi connectivity index (χ0v) is 17.3. The number of carbonyl (C=O) groups is 1. The highest BCUT2D eigenvalue weighted by atomic mass is 16.5.